The predicted octanol–water partition coefficient (Wildman–Crippen LogP) is 3.44. The molecular formula is C13H9ClN2O5. The van der Waals surface area contributed by atoms with Gasteiger partial charge in [0.15, 0.2) is 0 Å². The maximum atomic E-state index is 10.9. The summed E-state index contributed by atoms with van der Waals surface area (Å²) in [6.45, 7) is 1.54. The minimum atomic E-state index is -1.08. The summed E-state index contributed by atoms with van der Waals surface area (Å²) in [4.78, 5) is 24.9. The van der Waals surface area contributed by atoms with Crippen LogP contribution in [0.25, 0.3) is 0 Å². The van der Waals surface area contributed by atoms with Gasteiger partial charge in [-0.1, -0.05) is 11.6 Å². The Morgan fingerprint density at radius 2 is 2.10 bits per heavy atom. The van der Waals surface area contributed by atoms with Crippen LogP contribution in [0.15, 0.2) is 30.3 Å². The summed E-state index contributed by atoms with van der Waals surface area (Å²) >= 11 is 5.89. The fraction of sp³-hybridized carbons (Fsp3) is 0.0769. The average Bonchev–Trinajstić information content (AvgIpc) is 2.40. The van der Waals surface area contributed by atoms with Crippen molar-refractivity contribution in [2.75, 3.05) is 0 Å². The molecule has 1 N–H and O–H groups in total. The SMILES string of the molecule is Cc1nc(Oc2ccc([N+](=O)[O-])cc2Cl)ccc1C(=O)O. The van der Waals surface area contributed by atoms with Gasteiger partial charge in [-0.05, 0) is 19.1 Å². The van der Waals surface area contributed by atoms with Crippen molar-refractivity contribution >= 4 is 23.3 Å². The Kier molecular flexibility index (Phi) is 4.04. The number of ether oxygens (including phenoxy) is 1. The van der Waals surface area contributed by atoms with Crippen LogP contribution in [0, 0.1) is 17.0 Å². The van der Waals surface area contributed by atoms with Crippen molar-refractivity contribution in [3.05, 3.63) is 56.7 Å². The number of benzene rings is 1. The van der Waals surface area contributed by atoms with Gasteiger partial charge in [0.2, 0.25) is 5.88 Å². The second-order valence-electron chi connectivity index (χ2n) is 4.06. The Balaban J connectivity index is 2.28. The third kappa shape index (κ3) is 3.26. The molecule has 1 aromatic heterocycles. The van der Waals surface area contributed by atoms with E-state index in [-0.39, 0.29) is 33.6 Å². The number of rotatable bonds is 4. The van der Waals surface area contributed by atoms with Gasteiger partial charge in [-0.15, -0.1) is 0 Å². The van der Waals surface area contributed by atoms with Crippen molar-refractivity contribution in [1.29, 1.82) is 0 Å². The molecule has 0 radical (unpaired) electrons. The van der Waals surface area contributed by atoms with Crippen LogP contribution in [0.5, 0.6) is 11.6 Å². The summed E-state index contributed by atoms with van der Waals surface area (Å²) in [6, 6.07) is 6.51. The second kappa shape index (κ2) is 5.76. The average molecular weight is 309 g/mol. The number of hydrogen-bond acceptors (Lipinski definition) is 5. The summed E-state index contributed by atoms with van der Waals surface area (Å²) in [5.41, 5.74) is 0.202. The van der Waals surface area contributed by atoms with Crippen LogP contribution in [-0.4, -0.2) is 21.0 Å². The second-order valence-corrected chi connectivity index (χ2v) is 4.47. The number of nitrogens with zero attached hydrogens (tertiary/aromatic N) is 2. The monoisotopic (exact) mass is 308 g/mol. The highest BCUT2D eigenvalue weighted by Gasteiger charge is 2.13. The highest BCUT2D eigenvalue weighted by Crippen LogP contribution is 2.31. The number of hydrogen-bond donors (Lipinski definition) is 1. The van der Waals surface area contributed by atoms with Gasteiger partial charge in [-0.3, -0.25) is 10.1 Å². The smallest absolute Gasteiger partial charge is 0.337 e. The number of aromatic carboxylic acids is 1. The van der Waals surface area contributed by atoms with Crippen LogP contribution in [0.1, 0.15) is 16.1 Å². The number of nitro groups is 1. The number of aromatic nitrogens is 1. The van der Waals surface area contributed by atoms with E-state index in [4.69, 9.17) is 21.4 Å². The number of nitro benzene ring substituents is 1. The van der Waals surface area contributed by atoms with Gasteiger partial charge in [0.25, 0.3) is 5.69 Å². The predicted molar refractivity (Wildman–Crippen MR) is 74.1 cm³/mol. The molecule has 0 saturated carbocycles. The zero-order valence-corrected chi connectivity index (χ0v) is 11.5. The fourth-order valence-corrected chi connectivity index (χ4v) is 1.83. The molecule has 0 aliphatic rings. The topological polar surface area (TPSA) is 103 Å². The van der Waals surface area contributed by atoms with E-state index in [9.17, 15) is 14.9 Å². The molecule has 108 valence electrons. The number of non-ortho nitro benzene ring substituents is 1. The van der Waals surface area contributed by atoms with Gasteiger partial charge in [-0.25, -0.2) is 9.78 Å². The highest BCUT2D eigenvalue weighted by atomic mass is 35.5. The van der Waals surface area contributed by atoms with Gasteiger partial charge in [0.1, 0.15) is 5.75 Å². The Hall–Kier alpha value is -2.67. The summed E-state index contributed by atoms with van der Waals surface area (Å²) < 4.78 is 5.40. The van der Waals surface area contributed by atoms with E-state index >= 15 is 0 Å². The first-order chi connectivity index (χ1) is 9.88. The Morgan fingerprint density at radius 1 is 1.38 bits per heavy atom. The first-order valence-corrected chi connectivity index (χ1v) is 6.09. The van der Waals surface area contributed by atoms with Crippen LogP contribution in [0.3, 0.4) is 0 Å². The number of carbonyl (C=O) groups is 1. The Labute approximate surface area is 123 Å². The number of aryl methyl sites for hydroxylation is 1. The largest absolute Gasteiger partial charge is 0.478 e. The summed E-state index contributed by atoms with van der Waals surface area (Å²) in [6.07, 6.45) is 0. The lowest BCUT2D eigenvalue weighted by molar-refractivity contribution is -0.384. The van der Waals surface area contributed by atoms with E-state index in [1.165, 1.54) is 31.2 Å². The van der Waals surface area contributed by atoms with Crippen molar-refractivity contribution in [2.45, 2.75) is 6.92 Å². The third-order valence-corrected chi connectivity index (χ3v) is 2.93. The van der Waals surface area contributed by atoms with Crippen LogP contribution in [-0.2, 0) is 0 Å². The first kappa shape index (κ1) is 14.7. The standard InChI is InChI=1S/C13H9ClN2O5/c1-7-9(13(17)18)3-5-12(15-7)21-11-4-2-8(16(19)20)6-10(11)14/h2-6H,1H3,(H,17,18). The lowest BCUT2D eigenvalue weighted by atomic mass is 10.2. The molecule has 8 heteroatoms. The van der Waals surface area contributed by atoms with Crippen molar-refractivity contribution in [3.8, 4) is 11.6 Å². The molecule has 2 aromatic rings. The number of pyridine rings is 1. The maximum absolute atomic E-state index is 10.9. The molecule has 7 nitrogen and oxygen atoms in total. The van der Waals surface area contributed by atoms with E-state index in [1.807, 2.05) is 0 Å². The molecule has 1 heterocycles. The molecule has 0 spiro atoms. The molecular weight excluding hydrogens is 300 g/mol. The van der Waals surface area contributed by atoms with Gasteiger partial charge < -0.3 is 9.84 Å². The molecule has 0 fully saturated rings. The van der Waals surface area contributed by atoms with Gasteiger partial charge >= 0.3 is 5.97 Å². The molecule has 1 aromatic carbocycles. The zero-order valence-electron chi connectivity index (χ0n) is 10.7. The highest BCUT2D eigenvalue weighted by molar-refractivity contribution is 6.32. The number of carboxylic acids is 1. The van der Waals surface area contributed by atoms with E-state index in [1.54, 1.807) is 0 Å². The van der Waals surface area contributed by atoms with Crippen molar-refractivity contribution in [2.24, 2.45) is 0 Å². The van der Waals surface area contributed by atoms with Crippen molar-refractivity contribution < 1.29 is 19.6 Å². The van der Waals surface area contributed by atoms with Crippen LogP contribution >= 0.6 is 11.6 Å². The molecule has 0 aliphatic heterocycles. The Bertz CT molecular complexity index is 732. The maximum Gasteiger partial charge on any atom is 0.337 e. The van der Waals surface area contributed by atoms with E-state index in [0.717, 1.165) is 6.07 Å². The van der Waals surface area contributed by atoms with Gasteiger partial charge in [0, 0.05) is 18.2 Å². The number of halogens is 1. The van der Waals surface area contributed by atoms with Crippen LogP contribution in [0.2, 0.25) is 5.02 Å². The molecule has 0 bridgehead atoms. The molecule has 21 heavy (non-hydrogen) atoms. The summed E-state index contributed by atoms with van der Waals surface area (Å²) in [5, 5.41) is 19.6. The molecule has 0 amide bonds. The van der Waals surface area contributed by atoms with E-state index in [2.05, 4.69) is 4.98 Å². The molecule has 0 unspecified atom stereocenters. The minimum absolute atomic E-state index is 0.0611. The fourth-order valence-electron chi connectivity index (χ4n) is 1.62. The summed E-state index contributed by atoms with van der Waals surface area (Å²) in [5.74, 6) is -0.745. The zero-order chi connectivity index (χ0) is 15.6. The Morgan fingerprint density at radius 3 is 2.62 bits per heavy atom. The lowest BCUT2D eigenvalue weighted by Gasteiger charge is -2.08. The normalized spacial score (nSPS) is 10.2. The van der Waals surface area contributed by atoms with Crippen LogP contribution < -0.4 is 4.74 Å². The van der Waals surface area contributed by atoms with Gasteiger partial charge in [-0.2, -0.15) is 0 Å². The molecule has 2 rings (SSSR count). The van der Waals surface area contributed by atoms with Crippen molar-refractivity contribution in [1.82, 2.24) is 4.98 Å². The van der Waals surface area contributed by atoms with Gasteiger partial charge in [0.05, 0.1) is 21.2 Å². The molecule has 0 saturated heterocycles. The molecule has 0 aliphatic carbocycles. The van der Waals surface area contributed by atoms with E-state index in [0.29, 0.717) is 0 Å². The van der Waals surface area contributed by atoms with Crippen LogP contribution in [0.4, 0.5) is 5.69 Å². The summed E-state index contributed by atoms with van der Waals surface area (Å²) in [7, 11) is 0. The first-order valence-electron chi connectivity index (χ1n) is 5.71. The number of carboxylic acid groups (broad SMARTS) is 1. The minimum Gasteiger partial charge on any atom is -0.478 e. The lowest BCUT2D eigenvalue weighted by Crippen LogP contribution is -2.02. The quantitative estimate of drug-likeness (QED) is 0.685. The van der Waals surface area contributed by atoms with E-state index < -0.39 is 10.9 Å². The molecule has 0 atom stereocenters. The van der Waals surface area contributed by atoms with Crippen molar-refractivity contribution in [3.63, 3.8) is 0 Å². The third-order valence-electron chi connectivity index (χ3n) is 2.63.